The molecule has 0 saturated heterocycles. The minimum atomic E-state index is -0.432. The van der Waals surface area contributed by atoms with E-state index in [0.717, 1.165) is 10.6 Å². The van der Waals surface area contributed by atoms with Gasteiger partial charge in [0.15, 0.2) is 0 Å². The van der Waals surface area contributed by atoms with Crippen molar-refractivity contribution >= 4 is 29.3 Å². The fourth-order valence-electron chi connectivity index (χ4n) is 1.89. The molecule has 2 aromatic carbocycles. The van der Waals surface area contributed by atoms with Crippen LogP contribution in [0.25, 0.3) is 0 Å². The second-order valence-corrected chi connectivity index (χ2v) is 5.53. The van der Waals surface area contributed by atoms with Gasteiger partial charge in [0.05, 0.1) is 24.3 Å². The van der Waals surface area contributed by atoms with Crippen LogP contribution >= 0.6 is 11.8 Å². The first kappa shape index (κ1) is 17.1. The van der Waals surface area contributed by atoms with Gasteiger partial charge in [-0.3, -0.25) is 4.79 Å². The molecule has 0 bridgehead atoms. The summed E-state index contributed by atoms with van der Waals surface area (Å²) in [4.78, 5) is 24.6. The molecule has 5 nitrogen and oxygen atoms in total. The Bertz CT molecular complexity index is 685. The molecule has 0 unspecified atom stereocenters. The first-order valence-electron chi connectivity index (χ1n) is 6.86. The molecule has 0 aliphatic rings. The molecule has 0 atom stereocenters. The van der Waals surface area contributed by atoms with Gasteiger partial charge in [-0.05, 0) is 36.4 Å². The van der Waals surface area contributed by atoms with E-state index in [2.05, 4.69) is 10.1 Å². The van der Waals surface area contributed by atoms with Crippen LogP contribution in [0, 0.1) is 0 Å². The Morgan fingerprint density at radius 2 is 1.65 bits per heavy atom. The Labute approximate surface area is 139 Å². The number of rotatable bonds is 6. The van der Waals surface area contributed by atoms with E-state index in [1.54, 1.807) is 31.4 Å². The number of methoxy groups -OCH3 is 2. The first-order valence-corrected chi connectivity index (χ1v) is 7.84. The summed E-state index contributed by atoms with van der Waals surface area (Å²) in [6, 6.07) is 13.8. The number of para-hydroxylation sites is 1. The molecular formula is C17H17NO4S. The maximum absolute atomic E-state index is 12.3. The van der Waals surface area contributed by atoms with Crippen LogP contribution in [0.15, 0.2) is 53.4 Å². The zero-order valence-electron chi connectivity index (χ0n) is 12.9. The highest BCUT2D eigenvalue weighted by Crippen LogP contribution is 2.27. The van der Waals surface area contributed by atoms with Gasteiger partial charge in [0.25, 0.3) is 5.91 Å². The summed E-state index contributed by atoms with van der Waals surface area (Å²) in [6.07, 6.45) is 0. The van der Waals surface area contributed by atoms with Crippen molar-refractivity contribution in [3.63, 3.8) is 0 Å². The lowest BCUT2D eigenvalue weighted by atomic mass is 10.1. The van der Waals surface area contributed by atoms with Crippen LogP contribution in [0.1, 0.15) is 20.7 Å². The van der Waals surface area contributed by atoms with E-state index in [0.29, 0.717) is 17.1 Å². The Morgan fingerprint density at radius 1 is 1.00 bits per heavy atom. The SMILES string of the molecule is COCSc1ccccc1NC(=O)c1ccc(C(=O)OC)cc1. The summed E-state index contributed by atoms with van der Waals surface area (Å²) in [6.45, 7) is 0. The minimum Gasteiger partial charge on any atom is -0.465 e. The highest BCUT2D eigenvalue weighted by molar-refractivity contribution is 7.99. The summed E-state index contributed by atoms with van der Waals surface area (Å²) in [7, 11) is 2.94. The number of ether oxygens (including phenoxy) is 2. The highest BCUT2D eigenvalue weighted by atomic mass is 32.2. The maximum Gasteiger partial charge on any atom is 0.337 e. The first-order chi connectivity index (χ1) is 11.2. The number of benzene rings is 2. The van der Waals surface area contributed by atoms with E-state index in [1.807, 2.05) is 24.3 Å². The molecule has 0 saturated carbocycles. The van der Waals surface area contributed by atoms with Crippen molar-refractivity contribution in [1.82, 2.24) is 0 Å². The average molecular weight is 331 g/mol. The molecule has 23 heavy (non-hydrogen) atoms. The van der Waals surface area contributed by atoms with Gasteiger partial charge in [0.1, 0.15) is 0 Å². The van der Waals surface area contributed by atoms with Crippen molar-refractivity contribution < 1.29 is 19.1 Å². The lowest BCUT2D eigenvalue weighted by Crippen LogP contribution is -2.13. The van der Waals surface area contributed by atoms with Gasteiger partial charge in [-0.25, -0.2) is 4.79 Å². The third kappa shape index (κ3) is 4.58. The topological polar surface area (TPSA) is 64.6 Å². The van der Waals surface area contributed by atoms with Crippen molar-refractivity contribution in [3.05, 3.63) is 59.7 Å². The molecule has 120 valence electrons. The van der Waals surface area contributed by atoms with E-state index >= 15 is 0 Å². The number of carbonyl (C=O) groups excluding carboxylic acids is 2. The second-order valence-electron chi connectivity index (χ2n) is 4.57. The fraction of sp³-hybridized carbons (Fsp3) is 0.176. The Balaban J connectivity index is 2.11. The van der Waals surface area contributed by atoms with Crippen LogP contribution in [-0.4, -0.2) is 32.0 Å². The average Bonchev–Trinajstić information content (AvgIpc) is 2.60. The van der Waals surface area contributed by atoms with Crippen molar-refractivity contribution in [1.29, 1.82) is 0 Å². The Morgan fingerprint density at radius 3 is 2.30 bits per heavy atom. The largest absolute Gasteiger partial charge is 0.465 e. The summed E-state index contributed by atoms with van der Waals surface area (Å²) >= 11 is 1.50. The van der Waals surface area contributed by atoms with E-state index < -0.39 is 5.97 Å². The molecule has 1 N–H and O–H groups in total. The third-order valence-electron chi connectivity index (χ3n) is 3.04. The molecule has 2 rings (SSSR count). The standard InChI is InChI=1S/C17H17NO4S/c1-21-11-23-15-6-4-3-5-14(15)18-16(19)12-7-9-13(10-8-12)17(20)22-2/h3-10H,11H2,1-2H3,(H,18,19). The van der Waals surface area contributed by atoms with Crippen LogP contribution in [-0.2, 0) is 9.47 Å². The molecule has 0 aliphatic carbocycles. The van der Waals surface area contributed by atoms with E-state index in [4.69, 9.17) is 4.74 Å². The molecule has 6 heteroatoms. The number of hydrogen-bond donors (Lipinski definition) is 1. The lowest BCUT2D eigenvalue weighted by molar-refractivity contribution is 0.0600. The van der Waals surface area contributed by atoms with Crippen LogP contribution < -0.4 is 5.32 Å². The Hall–Kier alpha value is -2.31. The third-order valence-corrected chi connectivity index (χ3v) is 4.06. The zero-order chi connectivity index (χ0) is 16.7. The van der Waals surface area contributed by atoms with Crippen LogP contribution in [0.3, 0.4) is 0 Å². The molecule has 1 amide bonds. The highest BCUT2D eigenvalue weighted by Gasteiger charge is 2.11. The predicted octanol–water partition coefficient (Wildman–Crippen LogP) is 3.42. The smallest absolute Gasteiger partial charge is 0.337 e. The van der Waals surface area contributed by atoms with Gasteiger partial charge < -0.3 is 14.8 Å². The summed E-state index contributed by atoms with van der Waals surface area (Å²) in [5.41, 5.74) is 1.58. The van der Waals surface area contributed by atoms with Crippen LogP contribution in [0.2, 0.25) is 0 Å². The Kier molecular flexibility index (Phi) is 6.19. The van der Waals surface area contributed by atoms with E-state index in [1.165, 1.54) is 18.9 Å². The minimum absolute atomic E-state index is 0.244. The van der Waals surface area contributed by atoms with Crippen molar-refractivity contribution in [2.24, 2.45) is 0 Å². The zero-order valence-corrected chi connectivity index (χ0v) is 13.7. The normalized spacial score (nSPS) is 10.2. The molecule has 0 aromatic heterocycles. The number of anilines is 1. The number of amides is 1. The van der Waals surface area contributed by atoms with Gasteiger partial charge in [-0.15, -0.1) is 0 Å². The van der Waals surface area contributed by atoms with Gasteiger partial charge in [0, 0.05) is 17.6 Å². The van der Waals surface area contributed by atoms with Gasteiger partial charge in [-0.1, -0.05) is 23.9 Å². The van der Waals surface area contributed by atoms with Crippen molar-refractivity contribution in [3.8, 4) is 0 Å². The van der Waals surface area contributed by atoms with Crippen LogP contribution in [0.4, 0.5) is 5.69 Å². The summed E-state index contributed by atoms with van der Waals surface area (Å²) < 4.78 is 9.67. The van der Waals surface area contributed by atoms with E-state index in [-0.39, 0.29) is 5.91 Å². The number of esters is 1. The molecule has 2 aromatic rings. The maximum atomic E-state index is 12.3. The lowest BCUT2D eigenvalue weighted by Gasteiger charge is -2.10. The fourth-order valence-corrected chi connectivity index (χ4v) is 2.58. The van der Waals surface area contributed by atoms with Crippen molar-refractivity contribution in [2.45, 2.75) is 4.90 Å². The number of thioether (sulfide) groups is 1. The number of nitrogens with one attached hydrogen (secondary N) is 1. The quantitative estimate of drug-likeness (QED) is 0.499. The van der Waals surface area contributed by atoms with E-state index in [9.17, 15) is 9.59 Å². The summed E-state index contributed by atoms with van der Waals surface area (Å²) in [5.74, 6) is -0.175. The molecule has 0 spiro atoms. The second kappa shape index (κ2) is 8.36. The molecule has 0 aliphatic heterocycles. The van der Waals surface area contributed by atoms with Crippen molar-refractivity contribution in [2.75, 3.05) is 25.5 Å². The van der Waals surface area contributed by atoms with Crippen LogP contribution in [0.5, 0.6) is 0 Å². The molecule has 0 heterocycles. The van der Waals surface area contributed by atoms with Gasteiger partial charge >= 0.3 is 5.97 Å². The van der Waals surface area contributed by atoms with Gasteiger partial charge in [0.2, 0.25) is 0 Å². The molecular weight excluding hydrogens is 314 g/mol. The van der Waals surface area contributed by atoms with Gasteiger partial charge in [-0.2, -0.15) is 0 Å². The summed E-state index contributed by atoms with van der Waals surface area (Å²) in [5, 5.41) is 2.87. The number of hydrogen-bond acceptors (Lipinski definition) is 5. The monoisotopic (exact) mass is 331 g/mol. The predicted molar refractivity (Wildman–Crippen MR) is 89.9 cm³/mol. The molecule has 0 fully saturated rings. The molecule has 0 radical (unpaired) electrons. The number of carbonyl (C=O) groups is 2.